The highest BCUT2D eigenvalue weighted by Crippen LogP contribution is 2.28. The smallest absolute Gasteiger partial charge is 0.387 e. The second kappa shape index (κ2) is 5.21. The van der Waals surface area contributed by atoms with Crippen molar-refractivity contribution in [3.63, 3.8) is 0 Å². The molecule has 0 amide bonds. The number of hydrogen-bond donors (Lipinski definition) is 0. The molecule has 0 aliphatic carbocycles. The maximum absolute atomic E-state index is 13.0. The number of alkyl halides is 3. The third-order valence-electron chi connectivity index (χ3n) is 1.82. The van der Waals surface area contributed by atoms with E-state index < -0.39 is 23.6 Å². The van der Waals surface area contributed by atoms with Gasteiger partial charge in [0.25, 0.3) is 0 Å². The molecule has 1 aromatic carbocycles. The van der Waals surface area contributed by atoms with Gasteiger partial charge < -0.3 is 4.74 Å². The minimum atomic E-state index is -3.13. The zero-order chi connectivity index (χ0) is 12.3. The van der Waals surface area contributed by atoms with Gasteiger partial charge in [-0.3, -0.25) is 4.79 Å². The average Bonchev–Trinajstić information content (AvgIpc) is 2.19. The molecule has 0 aromatic heterocycles. The zero-order valence-corrected chi connectivity index (χ0v) is 8.97. The van der Waals surface area contributed by atoms with Crippen LogP contribution in [0.15, 0.2) is 18.2 Å². The van der Waals surface area contributed by atoms with Crippen molar-refractivity contribution in [1.29, 1.82) is 0 Å². The van der Waals surface area contributed by atoms with Crippen molar-refractivity contribution >= 4 is 17.4 Å². The first-order chi connectivity index (χ1) is 7.41. The van der Waals surface area contributed by atoms with E-state index in [2.05, 4.69) is 4.74 Å². The lowest BCUT2D eigenvalue weighted by Gasteiger charge is -2.10. The summed E-state index contributed by atoms with van der Waals surface area (Å²) in [7, 11) is 0. The molecule has 0 saturated carbocycles. The third-order valence-corrected chi connectivity index (χ3v) is 2.38. The number of ether oxygens (including phenoxy) is 1. The molecule has 0 bridgehead atoms. The number of benzene rings is 1. The molecule has 88 valence electrons. The summed E-state index contributed by atoms with van der Waals surface area (Å²) in [6.07, 6.45) is 0. The molecule has 1 atom stereocenters. The molecule has 0 aliphatic rings. The van der Waals surface area contributed by atoms with Gasteiger partial charge in [-0.25, -0.2) is 4.39 Å². The van der Waals surface area contributed by atoms with Crippen LogP contribution in [-0.4, -0.2) is 12.4 Å². The molecular formula is C10H8ClF3O2. The van der Waals surface area contributed by atoms with Crippen LogP contribution in [0.3, 0.4) is 0 Å². The van der Waals surface area contributed by atoms with Gasteiger partial charge in [0.2, 0.25) is 0 Å². The summed E-state index contributed by atoms with van der Waals surface area (Å²) < 4.78 is 40.8. The Hall–Kier alpha value is -1.23. The van der Waals surface area contributed by atoms with Gasteiger partial charge in [0.05, 0.1) is 0 Å². The van der Waals surface area contributed by atoms with E-state index >= 15 is 0 Å². The fourth-order valence-electron chi connectivity index (χ4n) is 1.10. The van der Waals surface area contributed by atoms with Crippen LogP contribution in [0, 0.1) is 5.82 Å². The Morgan fingerprint density at radius 3 is 2.56 bits per heavy atom. The number of hydrogen-bond acceptors (Lipinski definition) is 2. The zero-order valence-electron chi connectivity index (χ0n) is 8.22. The van der Waals surface area contributed by atoms with Gasteiger partial charge in [0.1, 0.15) is 5.38 Å². The highest BCUT2D eigenvalue weighted by Gasteiger charge is 2.17. The summed E-state index contributed by atoms with van der Waals surface area (Å²) in [6.45, 7) is -1.88. The predicted molar refractivity (Wildman–Crippen MR) is 52.3 cm³/mol. The van der Waals surface area contributed by atoms with Gasteiger partial charge in [-0.15, -0.1) is 11.6 Å². The fourth-order valence-corrected chi connectivity index (χ4v) is 1.23. The number of carbonyl (C=O) groups excluding carboxylic acids is 1. The van der Waals surface area contributed by atoms with E-state index in [0.717, 1.165) is 12.1 Å². The second-order valence-corrected chi connectivity index (χ2v) is 3.48. The van der Waals surface area contributed by atoms with Crippen molar-refractivity contribution in [2.24, 2.45) is 0 Å². The van der Waals surface area contributed by atoms with Gasteiger partial charge >= 0.3 is 6.61 Å². The number of Topliss-reactive ketones (excluding diaryl/α,β-unsaturated/α-hetero) is 1. The first-order valence-electron chi connectivity index (χ1n) is 4.30. The lowest BCUT2D eigenvalue weighted by molar-refractivity contribution is -0.116. The van der Waals surface area contributed by atoms with Crippen molar-refractivity contribution in [2.45, 2.75) is 18.9 Å². The molecule has 2 nitrogen and oxygen atoms in total. The van der Waals surface area contributed by atoms with Crippen molar-refractivity contribution in [3.05, 3.63) is 29.6 Å². The lowest BCUT2D eigenvalue weighted by atomic mass is 10.1. The summed E-state index contributed by atoms with van der Waals surface area (Å²) in [4.78, 5) is 10.9. The number of halogens is 4. The maximum atomic E-state index is 13.0. The molecule has 0 aliphatic heterocycles. The fraction of sp³-hybridized carbons (Fsp3) is 0.300. The highest BCUT2D eigenvalue weighted by atomic mass is 35.5. The first-order valence-corrected chi connectivity index (χ1v) is 4.74. The Labute approximate surface area is 95.0 Å². The largest absolute Gasteiger partial charge is 0.432 e. The number of rotatable bonds is 4. The van der Waals surface area contributed by atoms with Gasteiger partial charge in [-0.1, -0.05) is 6.07 Å². The van der Waals surface area contributed by atoms with Crippen LogP contribution in [-0.2, 0) is 4.79 Å². The molecule has 0 fully saturated rings. The summed E-state index contributed by atoms with van der Waals surface area (Å²) >= 11 is 5.69. The van der Waals surface area contributed by atoms with Crippen LogP contribution in [0.1, 0.15) is 17.9 Å². The van der Waals surface area contributed by atoms with Crippen LogP contribution >= 0.6 is 11.6 Å². The summed E-state index contributed by atoms with van der Waals surface area (Å²) in [5, 5.41) is -0.999. The first kappa shape index (κ1) is 12.8. The van der Waals surface area contributed by atoms with E-state index in [4.69, 9.17) is 11.6 Å². The Balaban J connectivity index is 3.02. The van der Waals surface area contributed by atoms with Crippen LogP contribution < -0.4 is 4.74 Å². The van der Waals surface area contributed by atoms with E-state index in [9.17, 15) is 18.0 Å². The molecule has 1 unspecified atom stereocenters. The molecule has 0 spiro atoms. The standard InChI is InChI=1S/C10H8ClF3O2/c1-5(15)9(11)6-2-3-7(12)8(4-6)16-10(13)14/h2-4,9-10H,1H3. The third kappa shape index (κ3) is 3.13. The minimum absolute atomic E-state index is 0.214. The average molecular weight is 253 g/mol. The molecule has 0 heterocycles. The molecule has 1 rings (SSSR count). The van der Waals surface area contributed by atoms with Crippen molar-refractivity contribution in [1.82, 2.24) is 0 Å². The topological polar surface area (TPSA) is 26.3 Å². The molecule has 0 saturated heterocycles. The molecule has 16 heavy (non-hydrogen) atoms. The Bertz CT molecular complexity index is 396. The number of carbonyl (C=O) groups is 1. The summed E-state index contributed by atoms with van der Waals surface area (Å²) in [5.41, 5.74) is 0.214. The molecular weight excluding hydrogens is 245 g/mol. The lowest BCUT2D eigenvalue weighted by Crippen LogP contribution is -2.06. The van der Waals surface area contributed by atoms with E-state index in [1.165, 1.54) is 13.0 Å². The van der Waals surface area contributed by atoms with Crippen molar-refractivity contribution in [2.75, 3.05) is 0 Å². The second-order valence-electron chi connectivity index (χ2n) is 3.04. The number of ketones is 1. The predicted octanol–water partition coefficient (Wildman–Crippen LogP) is 3.30. The molecule has 1 aromatic rings. The van der Waals surface area contributed by atoms with Gasteiger partial charge in [0.15, 0.2) is 17.3 Å². The van der Waals surface area contributed by atoms with Gasteiger partial charge in [0, 0.05) is 0 Å². The van der Waals surface area contributed by atoms with Crippen LogP contribution in [0.25, 0.3) is 0 Å². The quantitative estimate of drug-likeness (QED) is 0.769. The van der Waals surface area contributed by atoms with E-state index in [-0.39, 0.29) is 11.3 Å². The normalized spacial score (nSPS) is 12.6. The summed E-state index contributed by atoms with van der Waals surface area (Å²) in [5.74, 6) is -1.92. The van der Waals surface area contributed by atoms with E-state index in [0.29, 0.717) is 0 Å². The maximum Gasteiger partial charge on any atom is 0.387 e. The van der Waals surface area contributed by atoms with Crippen LogP contribution in [0.4, 0.5) is 13.2 Å². The van der Waals surface area contributed by atoms with Gasteiger partial charge in [-0.2, -0.15) is 8.78 Å². The monoisotopic (exact) mass is 252 g/mol. The van der Waals surface area contributed by atoms with E-state index in [1.54, 1.807) is 0 Å². The van der Waals surface area contributed by atoms with Crippen LogP contribution in [0.5, 0.6) is 5.75 Å². The Morgan fingerprint density at radius 2 is 2.06 bits per heavy atom. The SMILES string of the molecule is CC(=O)C(Cl)c1ccc(F)c(OC(F)F)c1. The Morgan fingerprint density at radius 1 is 1.44 bits per heavy atom. The van der Waals surface area contributed by atoms with Crippen LogP contribution in [0.2, 0.25) is 0 Å². The Kier molecular flexibility index (Phi) is 4.18. The van der Waals surface area contributed by atoms with E-state index in [1.807, 2.05) is 0 Å². The highest BCUT2D eigenvalue weighted by molar-refractivity contribution is 6.30. The van der Waals surface area contributed by atoms with Crippen molar-refractivity contribution < 1.29 is 22.7 Å². The van der Waals surface area contributed by atoms with Crippen molar-refractivity contribution in [3.8, 4) is 5.75 Å². The molecule has 0 radical (unpaired) electrons. The summed E-state index contributed by atoms with van der Waals surface area (Å²) in [6, 6.07) is 3.15. The molecule has 0 N–H and O–H groups in total. The minimum Gasteiger partial charge on any atom is -0.432 e. The van der Waals surface area contributed by atoms with Gasteiger partial charge in [-0.05, 0) is 24.6 Å². The molecule has 6 heteroatoms.